The first-order chi connectivity index (χ1) is 7.60. The number of alkyl halides is 1. The van der Waals surface area contributed by atoms with Gasteiger partial charge in [0.1, 0.15) is 11.4 Å². The van der Waals surface area contributed by atoms with Crippen LogP contribution in [0, 0.1) is 5.92 Å². The Morgan fingerprint density at radius 2 is 2.31 bits per heavy atom. The van der Waals surface area contributed by atoms with Crippen molar-refractivity contribution in [1.82, 2.24) is 0 Å². The third kappa shape index (κ3) is 2.19. The lowest BCUT2D eigenvalue weighted by Gasteiger charge is -2.33. The van der Waals surface area contributed by atoms with Crippen LogP contribution in [0.1, 0.15) is 25.3 Å². The van der Waals surface area contributed by atoms with Gasteiger partial charge in [-0.3, -0.25) is 0 Å². The number of ether oxygens (including phenoxy) is 1. The van der Waals surface area contributed by atoms with E-state index in [1.54, 1.807) is 25.1 Å². The van der Waals surface area contributed by atoms with Gasteiger partial charge in [0.05, 0.1) is 6.61 Å². The Labute approximate surface area is 95.1 Å². The highest BCUT2D eigenvalue weighted by atomic mass is 19.1. The monoisotopic (exact) mass is 224 g/mol. The first-order valence-corrected chi connectivity index (χ1v) is 5.67. The summed E-state index contributed by atoms with van der Waals surface area (Å²) < 4.78 is 20.0. The summed E-state index contributed by atoms with van der Waals surface area (Å²) in [4.78, 5) is 0. The summed E-state index contributed by atoms with van der Waals surface area (Å²) in [5.74, 6) is -0.0128. The average Bonchev–Trinajstić information content (AvgIpc) is 2.30. The van der Waals surface area contributed by atoms with Gasteiger partial charge in [-0.25, -0.2) is 4.39 Å². The second kappa shape index (κ2) is 4.42. The summed E-state index contributed by atoms with van der Waals surface area (Å²) in [6, 6.07) is 6.44. The van der Waals surface area contributed by atoms with Crippen molar-refractivity contribution in [3.63, 3.8) is 0 Å². The lowest BCUT2D eigenvalue weighted by Crippen LogP contribution is -2.33. The van der Waals surface area contributed by atoms with Crippen molar-refractivity contribution in [3.8, 4) is 5.75 Å². The molecule has 0 radical (unpaired) electrons. The fraction of sp³-hybridized carbons (Fsp3) is 0.538. The molecule has 1 aliphatic heterocycles. The van der Waals surface area contributed by atoms with E-state index in [0.29, 0.717) is 12.2 Å². The van der Waals surface area contributed by atoms with Gasteiger partial charge in [0.15, 0.2) is 0 Å². The van der Waals surface area contributed by atoms with E-state index in [2.05, 4.69) is 0 Å². The van der Waals surface area contributed by atoms with Crippen LogP contribution in [-0.4, -0.2) is 18.3 Å². The number of benzene rings is 1. The number of rotatable bonds is 2. The molecule has 0 aromatic heterocycles. The maximum absolute atomic E-state index is 14.7. The van der Waals surface area contributed by atoms with Crippen molar-refractivity contribution in [1.29, 1.82) is 0 Å². The third-order valence-electron chi connectivity index (χ3n) is 3.34. The molecule has 1 heterocycles. The summed E-state index contributed by atoms with van der Waals surface area (Å²) in [7, 11) is 0. The second-order valence-electron chi connectivity index (χ2n) is 4.54. The predicted octanol–water partition coefficient (Wildman–Crippen LogP) is 3.00. The lowest BCUT2D eigenvalue weighted by molar-refractivity contribution is -0.0233. The van der Waals surface area contributed by atoms with E-state index in [0.717, 1.165) is 19.4 Å². The minimum Gasteiger partial charge on any atom is -0.508 e. The number of halogens is 1. The van der Waals surface area contributed by atoms with E-state index in [1.807, 2.05) is 0 Å². The van der Waals surface area contributed by atoms with E-state index < -0.39 is 5.67 Å². The molecule has 3 heteroatoms. The van der Waals surface area contributed by atoms with E-state index >= 15 is 0 Å². The zero-order valence-electron chi connectivity index (χ0n) is 9.45. The normalized spacial score (nSPS) is 25.0. The maximum Gasteiger partial charge on any atom is 0.138 e. The molecule has 0 saturated carbocycles. The van der Waals surface area contributed by atoms with Crippen molar-refractivity contribution in [2.24, 2.45) is 5.92 Å². The molecule has 0 spiro atoms. The molecule has 2 nitrogen and oxygen atoms in total. The Kier molecular flexibility index (Phi) is 3.15. The number of hydrogen-bond donors (Lipinski definition) is 1. The molecular weight excluding hydrogens is 207 g/mol. The Balaban J connectivity index is 2.22. The van der Waals surface area contributed by atoms with Gasteiger partial charge in [0.25, 0.3) is 0 Å². The zero-order valence-corrected chi connectivity index (χ0v) is 9.45. The molecular formula is C13H17FO2. The number of phenols is 1. The first-order valence-electron chi connectivity index (χ1n) is 5.67. The van der Waals surface area contributed by atoms with Gasteiger partial charge in [-0.2, -0.15) is 0 Å². The number of aromatic hydroxyl groups is 1. The molecule has 0 amide bonds. The standard InChI is InChI=1S/C13H17FO2/c1-13(14,11-5-3-7-16-9-11)10-4-2-6-12(15)8-10/h2,4,6,8,11,15H,3,5,7,9H2,1H3. The molecule has 1 saturated heterocycles. The van der Waals surface area contributed by atoms with Crippen LogP contribution in [0.15, 0.2) is 24.3 Å². The van der Waals surface area contributed by atoms with Crippen molar-refractivity contribution in [2.75, 3.05) is 13.2 Å². The van der Waals surface area contributed by atoms with Crippen LogP contribution >= 0.6 is 0 Å². The summed E-state index contributed by atoms with van der Waals surface area (Å²) in [6.45, 7) is 2.76. The molecule has 1 N–H and O–H groups in total. The number of hydrogen-bond acceptors (Lipinski definition) is 2. The molecule has 16 heavy (non-hydrogen) atoms. The summed E-state index contributed by atoms with van der Waals surface area (Å²) in [5, 5.41) is 9.38. The second-order valence-corrected chi connectivity index (χ2v) is 4.54. The molecule has 1 aliphatic rings. The fourth-order valence-corrected chi connectivity index (χ4v) is 2.21. The van der Waals surface area contributed by atoms with Crippen LogP contribution in [0.25, 0.3) is 0 Å². The van der Waals surface area contributed by atoms with Gasteiger partial charge < -0.3 is 9.84 Å². The van der Waals surface area contributed by atoms with Gasteiger partial charge in [-0.15, -0.1) is 0 Å². The largest absolute Gasteiger partial charge is 0.508 e. The van der Waals surface area contributed by atoms with Crippen LogP contribution in [0.4, 0.5) is 4.39 Å². The average molecular weight is 224 g/mol. The van der Waals surface area contributed by atoms with Crippen LogP contribution in [0.3, 0.4) is 0 Å². The molecule has 88 valence electrons. The molecule has 2 atom stereocenters. The Morgan fingerprint density at radius 3 is 2.94 bits per heavy atom. The van der Waals surface area contributed by atoms with Gasteiger partial charge >= 0.3 is 0 Å². The quantitative estimate of drug-likeness (QED) is 0.836. The minimum atomic E-state index is -1.43. The summed E-state index contributed by atoms with van der Waals surface area (Å²) in [6.07, 6.45) is 1.74. The fourth-order valence-electron chi connectivity index (χ4n) is 2.21. The molecule has 1 fully saturated rings. The molecule has 1 aromatic rings. The Bertz CT molecular complexity index is 357. The Morgan fingerprint density at radius 1 is 1.50 bits per heavy atom. The van der Waals surface area contributed by atoms with E-state index in [-0.39, 0.29) is 11.7 Å². The van der Waals surface area contributed by atoms with Crippen molar-refractivity contribution in [2.45, 2.75) is 25.4 Å². The topological polar surface area (TPSA) is 29.5 Å². The molecule has 0 aliphatic carbocycles. The van der Waals surface area contributed by atoms with E-state index in [9.17, 15) is 9.50 Å². The van der Waals surface area contributed by atoms with Crippen LogP contribution in [-0.2, 0) is 10.4 Å². The molecule has 2 unspecified atom stereocenters. The highest BCUT2D eigenvalue weighted by Gasteiger charge is 2.37. The van der Waals surface area contributed by atoms with Crippen LogP contribution in [0.2, 0.25) is 0 Å². The lowest BCUT2D eigenvalue weighted by atomic mass is 9.81. The van der Waals surface area contributed by atoms with Crippen molar-refractivity contribution >= 4 is 0 Å². The minimum absolute atomic E-state index is 0.109. The van der Waals surface area contributed by atoms with Crippen LogP contribution in [0.5, 0.6) is 5.75 Å². The molecule has 1 aromatic carbocycles. The van der Waals surface area contributed by atoms with Gasteiger partial charge in [0, 0.05) is 12.5 Å². The Hall–Kier alpha value is -1.09. The molecule has 0 bridgehead atoms. The van der Waals surface area contributed by atoms with Crippen molar-refractivity contribution in [3.05, 3.63) is 29.8 Å². The highest BCUT2D eigenvalue weighted by molar-refractivity contribution is 5.31. The predicted molar refractivity (Wildman–Crippen MR) is 60.1 cm³/mol. The van der Waals surface area contributed by atoms with Crippen LogP contribution < -0.4 is 0 Å². The van der Waals surface area contributed by atoms with E-state index in [4.69, 9.17) is 4.74 Å². The van der Waals surface area contributed by atoms with Crippen molar-refractivity contribution < 1.29 is 14.2 Å². The zero-order chi connectivity index (χ0) is 11.6. The molecule has 2 rings (SSSR count). The number of phenolic OH excluding ortho intramolecular Hbond substituents is 1. The van der Waals surface area contributed by atoms with Gasteiger partial charge in [0.2, 0.25) is 0 Å². The highest BCUT2D eigenvalue weighted by Crippen LogP contribution is 2.39. The van der Waals surface area contributed by atoms with Gasteiger partial charge in [-0.05, 0) is 37.5 Å². The van der Waals surface area contributed by atoms with E-state index in [1.165, 1.54) is 6.07 Å². The SMILES string of the molecule is CC(F)(c1cccc(O)c1)C1CCCOC1. The summed E-state index contributed by atoms with van der Waals surface area (Å²) in [5.41, 5.74) is -0.901. The summed E-state index contributed by atoms with van der Waals surface area (Å²) >= 11 is 0. The smallest absolute Gasteiger partial charge is 0.138 e. The maximum atomic E-state index is 14.7. The third-order valence-corrected chi connectivity index (χ3v) is 3.34. The first kappa shape index (κ1) is 11.4. The van der Waals surface area contributed by atoms with Gasteiger partial charge in [-0.1, -0.05) is 12.1 Å².